The summed E-state index contributed by atoms with van der Waals surface area (Å²) in [7, 11) is -3.27. The van der Waals surface area contributed by atoms with Crippen molar-refractivity contribution >= 4 is 21.4 Å². The number of unbranched alkanes of at least 4 members (excludes halogenated alkanes) is 1. The quantitative estimate of drug-likeness (QED) is 0.774. The molecule has 19 heavy (non-hydrogen) atoms. The fourth-order valence-corrected chi connectivity index (χ4v) is 2.26. The molecule has 0 aliphatic heterocycles. The zero-order chi connectivity index (χ0) is 14.5. The van der Waals surface area contributed by atoms with Crippen LogP contribution in [0.4, 0.5) is 5.69 Å². The van der Waals surface area contributed by atoms with E-state index < -0.39 is 9.84 Å². The van der Waals surface area contributed by atoms with Crippen LogP contribution in [0.25, 0.3) is 0 Å². The van der Waals surface area contributed by atoms with E-state index in [1.807, 2.05) is 6.92 Å². The zero-order valence-electron chi connectivity index (χ0n) is 11.3. The second-order valence-corrected chi connectivity index (χ2v) is 6.56. The number of aryl methyl sites for hydroxylation is 1. The molecule has 0 spiro atoms. The second-order valence-electron chi connectivity index (χ2n) is 4.54. The molecule has 0 atom stereocenters. The van der Waals surface area contributed by atoms with Crippen LogP contribution in [0, 0.1) is 6.92 Å². The molecule has 0 unspecified atom stereocenters. The number of nitrogens with two attached hydrogens (primary N) is 1. The normalized spacial score (nSPS) is 11.3. The molecule has 3 N–H and O–H groups in total. The Morgan fingerprint density at radius 3 is 2.58 bits per heavy atom. The van der Waals surface area contributed by atoms with E-state index in [1.165, 1.54) is 12.1 Å². The van der Waals surface area contributed by atoms with E-state index in [0.29, 0.717) is 18.7 Å². The van der Waals surface area contributed by atoms with Crippen LogP contribution >= 0.6 is 0 Å². The third kappa shape index (κ3) is 5.00. The van der Waals surface area contributed by atoms with Crippen LogP contribution in [0.2, 0.25) is 0 Å². The first-order chi connectivity index (χ1) is 8.84. The highest BCUT2D eigenvalue weighted by Crippen LogP contribution is 2.20. The maximum atomic E-state index is 11.7. The lowest BCUT2D eigenvalue weighted by Gasteiger charge is -2.10. The Kier molecular flexibility index (Phi) is 5.50. The van der Waals surface area contributed by atoms with E-state index in [9.17, 15) is 13.2 Å². The first kappa shape index (κ1) is 15.7. The highest BCUT2D eigenvalue weighted by atomic mass is 32.2. The monoisotopic (exact) mass is 284 g/mol. The summed E-state index contributed by atoms with van der Waals surface area (Å²) in [6.07, 6.45) is 3.06. The van der Waals surface area contributed by atoms with Crippen molar-refractivity contribution in [2.45, 2.75) is 31.1 Å². The van der Waals surface area contributed by atoms with Gasteiger partial charge in [0.05, 0.1) is 4.90 Å². The van der Waals surface area contributed by atoms with Gasteiger partial charge in [0.25, 0.3) is 0 Å². The van der Waals surface area contributed by atoms with Crippen molar-refractivity contribution in [3.63, 3.8) is 0 Å². The van der Waals surface area contributed by atoms with Gasteiger partial charge in [0.1, 0.15) is 0 Å². The number of carbonyl (C=O) groups is 1. The van der Waals surface area contributed by atoms with Gasteiger partial charge in [0.15, 0.2) is 9.84 Å². The van der Waals surface area contributed by atoms with Gasteiger partial charge in [0, 0.05) is 18.4 Å². The maximum absolute atomic E-state index is 11.7. The summed E-state index contributed by atoms with van der Waals surface area (Å²) in [5.41, 5.74) is 6.74. The fourth-order valence-electron chi connectivity index (χ4n) is 1.61. The van der Waals surface area contributed by atoms with E-state index in [2.05, 4.69) is 5.32 Å². The summed E-state index contributed by atoms with van der Waals surface area (Å²) in [4.78, 5) is 11.9. The molecule has 0 fully saturated rings. The highest BCUT2D eigenvalue weighted by Gasteiger charge is 2.11. The molecule has 0 aliphatic carbocycles. The molecule has 0 saturated heterocycles. The van der Waals surface area contributed by atoms with Gasteiger partial charge in [-0.25, -0.2) is 8.42 Å². The summed E-state index contributed by atoms with van der Waals surface area (Å²) in [6, 6.07) is 4.71. The van der Waals surface area contributed by atoms with E-state index >= 15 is 0 Å². The van der Waals surface area contributed by atoms with Crippen LogP contribution < -0.4 is 11.1 Å². The van der Waals surface area contributed by atoms with Crippen molar-refractivity contribution in [3.8, 4) is 0 Å². The molecule has 106 valence electrons. The molecule has 0 heterocycles. The molecule has 5 nitrogen and oxygen atoms in total. The molecule has 1 rings (SSSR count). The molecular formula is C13H20N2O3S. The minimum absolute atomic E-state index is 0.123. The van der Waals surface area contributed by atoms with Crippen LogP contribution in [0.3, 0.4) is 0 Å². The number of carbonyl (C=O) groups excluding carboxylic acids is 1. The molecule has 6 heteroatoms. The van der Waals surface area contributed by atoms with Crippen molar-refractivity contribution in [2.75, 3.05) is 18.1 Å². The Morgan fingerprint density at radius 1 is 1.32 bits per heavy atom. The third-order valence-corrected chi connectivity index (χ3v) is 3.88. The average Bonchev–Trinajstić information content (AvgIpc) is 2.31. The Morgan fingerprint density at radius 2 is 2.00 bits per heavy atom. The number of rotatable bonds is 6. The van der Waals surface area contributed by atoms with Gasteiger partial charge in [0.2, 0.25) is 5.91 Å². The molecule has 0 aliphatic rings. The van der Waals surface area contributed by atoms with E-state index in [-0.39, 0.29) is 10.8 Å². The first-order valence-electron chi connectivity index (χ1n) is 6.15. The number of nitrogens with one attached hydrogen (secondary N) is 1. The minimum atomic E-state index is -3.27. The van der Waals surface area contributed by atoms with Gasteiger partial charge >= 0.3 is 0 Å². The van der Waals surface area contributed by atoms with Crippen molar-refractivity contribution in [1.29, 1.82) is 0 Å². The summed E-state index contributed by atoms with van der Waals surface area (Å²) in [5.74, 6) is -0.123. The van der Waals surface area contributed by atoms with Gasteiger partial charge in [-0.3, -0.25) is 4.79 Å². The molecule has 1 aromatic rings. The van der Waals surface area contributed by atoms with E-state index in [1.54, 1.807) is 6.07 Å². The molecular weight excluding hydrogens is 264 g/mol. The predicted octanol–water partition coefficient (Wildman–Crippen LogP) is 1.47. The molecule has 0 aromatic heterocycles. The SMILES string of the molecule is Cc1ccc(S(C)(=O)=O)cc1NC(=O)CCCCN. The number of hydrogen-bond acceptors (Lipinski definition) is 4. The fraction of sp³-hybridized carbons (Fsp3) is 0.462. The van der Waals surface area contributed by atoms with E-state index in [4.69, 9.17) is 5.73 Å². The van der Waals surface area contributed by atoms with E-state index in [0.717, 1.165) is 24.7 Å². The Labute approximate surface area is 114 Å². The topological polar surface area (TPSA) is 89.3 Å². The van der Waals surface area contributed by atoms with Crippen LogP contribution in [0.15, 0.2) is 23.1 Å². The van der Waals surface area contributed by atoms with Crippen LogP contribution in [-0.4, -0.2) is 27.1 Å². The van der Waals surface area contributed by atoms with Gasteiger partial charge in [-0.15, -0.1) is 0 Å². The summed E-state index contributed by atoms with van der Waals surface area (Å²) < 4.78 is 22.9. The highest BCUT2D eigenvalue weighted by molar-refractivity contribution is 7.90. The summed E-state index contributed by atoms with van der Waals surface area (Å²) in [5, 5.41) is 2.74. The smallest absolute Gasteiger partial charge is 0.224 e. The Balaban J connectivity index is 2.80. The molecule has 0 saturated carbocycles. The number of amides is 1. The number of benzene rings is 1. The van der Waals surface area contributed by atoms with Crippen LogP contribution in [-0.2, 0) is 14.6 Å². The number of sulfone groups is 1. The van der Waals surface area contributed by atoms with Crippen LogP contribution in [0.1, 0.15) is 24.8 Å². The van der Waals surface area contributed by atoms with Crippen molar-refractivity contribution in [2.24, 2.45) is 5.73 Å². The maximum Gasteiger partial charge on any atom is 0.224 e. The average molecular weight is 284 g/mol. The second kappa shape index (κ2) is 6.68. The lowest BCUT2D eigenvalue weighted by atomic mass is 10.2. The molecule has 0 bridgehead atoms. The first-order valence-corrected chi connectivity index (χ1v) is 8.04. The lowest BCUT2D eigenvalue weighted by Crippen LogP contribution is -2.13. The van der Waals surface area contributed by atoms with Crippen molar-refractivity contribution in [3.05, 3.63) is 23.8 Å². The largest absolute Gasteiger partial charge is 0.330 e. The van der Waals surface area contributed by atoms with Crippen molar-refractivity contribution < 1.29 is 13.2 Å². The minimum Gasteiger partial charge on any atom is -0.330 e. The van der Waals surface area contributed by atoms with Gasteiger partial charge in [-0.2, -0.15) is 0 Å². The molecule has 1 aromatic carbocycles. The third-order valence-electron chi connectivity index (χ3n) is 2.77. The van der Waals surface area contributed by atoms with Gasteiger partial charge in [-0.1, -0.05) is 6.07 Å². The summed E-state index contributed by atoms with van der Waals surface area (Å²) in [6.45, 7) is 2.39. The van der Waals surface area contributed by atoms with Crippen LogP contribution in [0.5, 0.6) is 0 Å². The van der Waals surface area contributed by atoms with Crippen molar-refractivity contribution in [1.82, 2.24) is 0 Å². The van der Waals surface area contributed by atoms with Gasteiger partial charge in [-0.05, 0) is 44.0 Å². The standard InChI is InChI=1S/C13H20N2O3S/c1-10-6-7-11(19(2,17)18)9-12(10)15-13(16)5-3-4-8-14/h6-7,9H,3-5,8,14H2,1-2H3,(H,15,16). The summed E-state index contributed by atoms with van der Waals surface area (Å²) >= 11 is 0. The molecule has 1 amide bonds. The van der Waals surface area contributed by atoms with Gasteiger partial charge < -0.3 is 11.1 Å². The number of anilines is 1. The molecule has 0 radical (unpaired) electrons. The zero-order valence-corrected chi connectivity index (χ0v) is 12.1. The lowest BCUT2D eigenvalue weighted by molar-refractivity contribution is -0.116. The Bertz CT molecular complexity index is 553. The number of hydrogen-bond donors (Lipinski definition) is 2. The predicted molar refractivity (Wildman–Crippen MR) is 75.8 cm³/mol. The Hall–Kier alpha value is -1.40.